The highest BCUT2D eigenvalue weighted by atomic mass is 15.3. The van der Waals surface area contributed by atoms with E-state index in [0.717, 1.165) is 30.0 Å². The van der Waals surface area contributed by atoms with Crippen molar-refractivity contribution in [3.05, 3.63) is 0 Å². The zero-order valence-electron chi connectivity index (χ0n) is 10.3. The third kappa shape index (κ3) is 1.54. The van der Waals surface area contributed by atoms with Crippen molar-refractivity contribution in [1.29, 1.82) is 0 Å². The van der Waals surface area contributed by atoms with E-state index >= 15 is 0 Å². The Hall–Kier alpha value is -0.0400. The van der Waals surface area contributed by atoms with E-state index in [9.17, 15) is 0 Å². The number of hydrogen-bond donors (Lipinski definition) is 0. The Morgan fingerprint density at radius 1 is 0.867 bits per heavy atom. The average molecular weight is 207 g/mol. The van der Waals surface area contributed by atoms with Crippen molar-refractivity contribution in [2.45, 2.75) is 76.9 Å². The average Bonchev–Trinajstić information content (AvgIpc) is 2.40. The lowest BCUT2D eigenvalue weighted by atomic mass is 9.71. The number of rotatable bonds is 2. The minimum Gasteiger partial charge on any atom is -0.294 e. The fourth-order valence-corrected chi connectivity index (χ4v) is 4.35. The summed E-state index contributed by atoms with van der Waals surface area (Å²) in [5.74, 6) is 1.93. The van der Waals surface area contributed by atoms with Crippen LogP contribution in [0, 0.1) is 11.8 Å². The molecule has 2 bridgehead atoms. The molecule has 1 nitrogen and oxygen atoms in total. The third-order valence-corrected chi connectivity index (χ3v) is 5.28. The van der Waals surface area contributed by atoms with Crippen molar-refractivity contribution in [3.63, 3.8) is 0 Å². The highest BCUT2D eigenvalue weighted by Crippen LogP contribution is 2.46. The molecule has 2 saturated heterocycles. The number of piperidine rings is 1. The van der Waals surface area contributed by atoms with Crippen LogP contribution in [0.2, 0.25) is 0 Å². The standard InChI is InChI=1S/C14H25N/c1-10(2)13-8-9-14(13)15-11-4-3-5-12(15)7-6-11/h10-14H,3-9H2,1-2H3/t11?,12?,13-,14?/m1/s1. The Labute approximate surface area is 94.2 Å². The van der Waals surface area contributed by atoms with Gasteiger partial charge >= 0.3 is 0 Å². The summed E-state index contributed by atoms with van der Waals surface area (Å²) in [5.41, 5.74) is 0. The van der Waals surface area contributed by atoms with E-state index in [2.05, 4.69) is 18.7 Å². The predicted molar refractivity (Wildman–Crippen MR) is 63.9 cm³/mol. The molecule has 1 saturated carbocycles. The first-order valence-corrected chi connectivity index (χ1v) is 7.05. The molecule has 0 spiro atoms. The molecule has 1 heteroatoms. The zero-order chi connectivity index (χ0) is 10.4. The van der Waals surface area contributed by atoms with Crippen LogP contribution in [0.5, 0.6) is 0 Å². The quantitative estimate of drug-likeness (QED) is 0.670. The topological polar surface area (TPSA) is 3.24 Å². The van der Waals surface area contributed by atoms with E-state index in [1.807, 2.05) is 0 Å². The van der Waals surface area contributed by atoms with Gasteiger partial charge in [-0.05, 0) is 50.4 Å². The van der Waals surface area contributed by atoms with Gasteiger partial charge in [0.15, 0.2) is 0 Å². The molecule has 2 heterocycles. The summed E-state index contributed by atoms with van der Waals surface area (Å²) >= 11 is 0. The van der Waals surface area contributed by atoms with Crippen molar-refractivity contribution < 1.29 is 0 Å². The van der Waals surface area contributed by atoms with E-state index in [1.165, 1.54) is 44.9 Å². The van der Waals surface area contributed by atoms with E-state index in [4.69, 9.17) is 0 Å². The summed E-state index contributed by atoms with van der Waals surface area (Å²) in [4.78, 5) is 2.96. The molecule has 3 aliphatic rings. The SMILES string of the molecule is CC(C)[C@H]1CCC1N1C2CCCC1CC2. The monoisotopic (exact) mass is 207 g/mol. The van der Waals surface area contributed by atoms with Crippen molar-refractivity contribution in [2.24, 2.45) is 11.8 Å². The van der Waals surface area contributed by atoms with Gasteiger partial charge in [0.1, 0.15) is 0 Å². The lowest BCUT2D eigenvalue weighted by Gasteiger charge is -2.51. The van der Waals surface area contributed by atoms with Gasteiger partial charge in [0.05, 0.1) is 0 Å². The molecule has 15 heavy (non-hydrogen) atoms. The number of hydrogen-bond acceptors (Lipinski definition) is 1. The molecular formula is C14H25N. The molecule has 3 unspecified atom stereocenters. The molecule has 3 fully saturated rings. The zero-order valence-corrected chi connectivity index (χ0v) is 10.3. The minimum atomic E-state index is 0.907. The van der Waals surface area contributed by atoms with Gasteiger partial charge in [0, 0.05) is 18.1 Å². The van der Waals surface area contributed by atoms with E-state index in [0.29, 0.717) is 0 Å². The summed E-state index contributed by atoms with van der Waals surface area (Å²) in [5, 5.41) is 0. The van der Waals surface area contributed by atoms with Gasteiger partial charge in [0.25, 0.3) is 0 Å². The molecule has 0 aromatic rings. The molecule has 3 rings (SSSR count). The normalized spacial score (nSPS) is 45.8. The lowest BCUT2D eigenvalue weighted by Crippen LogP contribution is -2.55. The van der Waals surface area contributed by atoms with Gasteiger partial charge in [-0.15, -0.1) is 0 Å². The summed E-state index contributed by atoms with van der Waals surface area (Å²) < 4.78 is 0. The van der Waals surface area contributed by atoms with Crippen LogP contribution in [0.25, 0.3) is 0 Å². The van der Waals surface area contributed by atoms with Gasteiger partial charge < -0.3 is 0 Å². The van der Waals surface area contributed by atoms with E-state index < -0.39 is 0 Å². The van der Waals surface area contributed by atoms with Gasteiger partial charge in [-0.25, -0.2) is 0 Å². The van der Waals surface area contributed by atoms with Gasteiger partial charge in [0.2, 0.25) is 0 Å². The fourth-order valence-electron chi connectivity index (χ4n) is 4.35. The lowest BCUT2D eigenvalue weighted by molar-refractivity contribution is -0.0165. The Morgan fingerprint density at radius 3 is 2.00 bits per heavy atom. The van der Waals surface area contributed by atoms with Crippen LogP contribution in [0.4, 0.5) is 0 Å². The van der Waals surface area contributed by atoms with Crippen LogP contribution in [0.1, 0.15) is 58.8 Å². The van der Waals surface area contributed by atoms with Crippen molar-refractivity contribution in [1.82, 2.24) is 4.90 Å². The number of fused-ring (bicyclic) bond motifs is 2. The molecule has 0 aromatic heterocycles. The molecular weight excluding hydrogens is 182 g/mol. The fraction of sp³-hybridized carbons (Fsp3) is 1.00. The first-order valence-electron chi connectivity index (χ1n) is 7.05. The second kappa shape index (κ2) is 3.76. The maximum absolute atomic E-state index is 2.96. The molecule has 0 aromatic carbocycles. The second-order valence-electron chi connectivity index (χ2n) is 6.32. The first-order chi connectivity index (χ1) is 7.27. The van der Waals surface area contributed by atoms with Crippen LogP contribution >= 0.6 is 0 Å². The van der Waals surface area contributed by atoms with Crippen LogP contribution in [0.15, 0.2) is 0 Å². The predicted octanol–water partition coefficient (Wildman–Crippen LogP) is 3.44. The largest absolute Gasteiger partial charge is 0.294 e. The van der Waals surface area contributed by atoms with Crippen molar-refractivity contribution in [2.75, 3.05) is 0 Å². The molecule has 0 N–H and O–H groups in total. The van der Waals surface area contributed by atoms with Crippen LogP contribution < -0.4 is 0 Å². The highest BCUT2D eigenvalue weighted by molar-refractivity contribution is 5.01. The summed E-state index contributed by atoms with van der Waals surface area (Å²) in [6.07, 6.45) is 10.5. The second-order valence-corrected chi connectivity index (χ2v) is 6.32. The Balaban J connectivity index is 1.72. The summed E-state index contributed by atoms with van der Waals surface area (Å²) in [6.45, 7) is 4.84. The Kier molecular flexibility index (Phi) is 2.54. The summed E-state index contributed by atoms with van der Waals surface area (Å²) in [7, 11) is 0. The van der Waals surface area contributed by atoms with Crippen LogP contribution in [0.3, 0.4) is 0 Å². The maximum Gasteiger partial charge on any atom is 0.0132 e. The van der Waals surface area contributed by atoms with Gasteiger partial charge in [-0.3, -0.25) is 4.90 Å². The van der Waals surface area contributed by atoms with E-state index in [-0.39, 0.29) is 0 Å². The first kappa shape index (κ1) is 10.1. The highest BCUT2D eigenvalue weighted by Gasteiger charge is 2.46. The molecule has 0 amide bonds. The molecule has 1 aliphatic carbocycles. The molecule has 0 radical (unpaired) electrons. The Morgan fingerprint density at radius 2 is 1.53 bits per heavy atom. The molecule has 86 valence electrons. The van der Waals surface area contributed by atoms with E-state index in [1.54, 1.807) is 0 Å². The summed E-state index contributed by atoms with van der Waals surface area (Å²) in [6, 6.07) is 2.94. The molecule has 2 aliphatic heterocycles. The van der Waals surface area contributed by atoms with Crippen LogP contribution in [-0.4, -0.2) is 23.0 Å². The van der Waals surface area contributed by atoms with Crippen molar-refractivity contribution >= 4 is 0 Å². The minimum absolute atomic E-state index is 0.907. The van der Waals surface area contributed by atoms with Crippen molar-refractivity contribution in [3.8, 4) is 0 Å². The number of nitrogens with zero attached hydrogens (tertiary/aromatic N) is 1. The Bertz CT molecular complexity index is 219. The smallest absolute Gasteiger partial charge is 0.0132 e. The van der Waals surface area contributed by atoms with Gasteiger partial charge in [-0.2, -0.15) is 0 Å². The maximum atomic E-state index is 2.96. The third-order valence-electron chi connectivity index (χ3n) is 5.28. The molecule has 4 atom stereocenters. The van der Waals surface area contributed by atoms with Crippen LogP contribution in [-0.2, 0) is 0 Å². The van der Waals surface area contributed by atoms with Gasteiger partial charge in [-0.1, -0.05) is 20.3 Å².